The van der Waals surface area contributed by atoms with Crippen LogP contribution in [0.25, 0.3) is 10.9 Å². The molecule has 31 heavy (non-hydrogen) atoms. The number of amides is 1. The van der Waals surface area contributed by atoms with Crippen molar-refractivity contribution < 1.29 is 9.53 Å². The minimum absolute atomic E-state index is 0.0595. The molecule has 0 radical (unpaired) electrons. The molecule has 1 saturated heterocycles. The zero-order chi connectivity index (χ0) is 21.1. The first-order chi connectivity index (χ1) is 15.1. The number of benzene rings is 2. The van der Waals surface area contributed by atoms with Crippen LogP contribution in [0, 0.1) is 5.92 Å². The number of carbonyl (C=O) groups excluding carboxylic acids is 1. The summed E-state index contributed by atoms with van der Waals surface area (Å²) >= 11 is 0. The highest BCUT2D eigenvalue weighted by Crippen LogP contribution is 2.47. The summed E-state index contributed by atoms with van der Waals surface area (Å²) in [5.74, 6) is 1.66. The van der Waals surface area contributed by atoms with Gasteiger partial charge in [-0.3, -0.25) is 4.79 Å². The second-order valence-corrected chi connectivity index (χ2v) is 9.21. The lowest BCUT2D eigenvalue weighted by Crippen LogP contribution is -2.36. The molecule has 3 aromatic rings. The number of hydrogen-bond donors (Lipinski definition) is 1. The number of fused-ring (bicyclic) bond motifs is 4. The topological polar surface area (TPSA) is 68.5 Å². The summed E-state index contributed by atoms with van der Waals surface area (Å²) in [6.07, 6.45) is 3.45. The van der Waals surface area contributed by atoms with Gasteiger partial charge in [0.15, 0.2) is 0 Å². The number of nitrogens with two attached hydrogens (primary N) is 1. The number of pyridine rings is 1. The van der Waals surface area contributed by atoms with Gasteiger partial charge in [0.25, 0.3) is 5.91 Å². The van der Waals surface area contributed by atoms with Gasteiger partial charge >= 0.3 is 0 Å². The molecule has 1 saturated carbocycles. The molecule has 158 valence electrons. The Labute approximate surface area is 182 Å². The summed E-state index contributed by atoms with van der Waals surface area (Å²) < 4.78 is 5.82. The predicted molar refractivity (Wildman–Crippen MR) is 121 cm³/mol. The first-order valence-electron chi connectivity index (χ1n) is 11.3. The smallest absolute Gasteiger partial charge is 0.254 e. The van der Waals surface area contributed by atoms with Gasteiger partial charge in [0, 0.05) is 35.0 Å². The third kappa shape index (κ3) is 2.87. The highest BCUT2D eigenvalue weighted by Gasteiger charge is 2.46. The highest BCUT2D eigenvalue weighted by molar-refractivity contribution is 5.99. The van der Waals surface area contributed by atoms with E-state index in [-0.39, 0.29) is 12.0 Å². The molecule has 0 spiro atoms. The van der Waals surface area contributed by atoms with Crippen LogP contribution in [0.4, 0.5) is 5.82 Å². The van der Waals surface area contributed by atoms with E-state index in [0.717, 1.165) is 40.6 Å². The van der Waals surface area contributed by atoms with Gasteiger partial charge in [-0.05, 0) is 55.0 Å². The van der Waals surface area contributed by atoms with Crippen LogP contribution in [0.5, 0.6) is 0 Å². The summed E-state index contributed by atoms with van der Waals surface area (Å²) in [7, 11) is 0. The van der Waals surface area contributed by atoms with Crippen molar-refractivity contribution in [1.29, 1.82) is 0 Å². The minimum Gasteiger partial charge on any atom is -0.383 e. The fourth-order valence-corrected chi connectivity index (χ4v) is 6.16. The number of likely N-dealkylation sites (tertiary alicyclic amines) is 1. The summed E-state index contributed by atoms with van der Waals surface area (Å²) in [5.41, 5.74) is 11.2. The molecular formula is C26H27N3O2. The van der Waals surface area contributed by atoms with Gasteiger partial charge in [-0.15, -0.1) is 0 Å². The number of aromatic nitrogens is 1. The van der Waals surface area contributed by atoms with E-state index in [4.69, 9.17) is 10.5 Å². The average molecular weight is 414 g/mol. The van der Waals surface area contributed by atoms with Crippen molar-refractivity contribution in [2.75, 3.05) is 12.3 Å². The Kier molecular flexibility index (Phi) is 4.29. The highest BCUT2D eigenvalue weighted by atomic mass is 16.5. The molecule has 1 amide bonds. The van der Waals surface area contributed by atoms with Crippen molar-refractivity contribution in [3.05, 3.63) is 70.8 Å². The SMILES string of the molecule is C[C@H]1OCc2c1c(N)nc1ccc(C(=O)N3CC(c4ccccc4)C4CCCC43)cc21. The normalized spacial score (nSPS) is 26.9. The first-order valence-corrected chi connectivity index (χ1v) is 11.3. The lowest BCUT2D eigenvalue weighted by atomic mass is 9.87. The number of carbonyl (C=O) groups is 1. The monoisotopic (exact) mass is 413 g/mol. The van der Waals surface area contributed by atoms with Gasteiger partial charge in [-0.25, -0.2) is 4.98 Å². The van der Waals surface area contributed by atoms with Crippen LogP contribution in [-0.4, -0.2) is 28.4 Å². The Morgan fingerprint density at radius 1 is 1.16 bits per heavy atom. The largest absolute Gasteiger partial charge is 0.383 e. The molecule has 2 N–H and O–H groups in total. The second-order valence-electron chi connectivity index (χ2n) is 9.21. The molecule has 6 rings (SSSR count). The van der Waals surface area contributed by atoms with E-state index in [1.807, 2.05) is 25.1 Å². The fraction of sp³-hybridized carbons (Fsp3) is 0.385. The fourth-order valence-electron chi connectivity index (χ4n) is 6.16. The van der Waals surface area contributed by atoms with Crippen LogP contribution in [0.1, 0.15) is 65.3 Å². The van der Waals surface area contributed by atoms with E-state index in [1.54, 1.807) is 0 Å². The second kappa shape index (κ2) is 7.06. The first kappa shape index (κ1) is 18.8. The van der Waals surface area contributed by atoms with Crippen LogP contribution in [-0.2, 0) is 11.3 Å². The number of nitrogen functional groups attached to an aromatic ring is 1. The number of anilines is 1. The van der Waals surface area contributed by atoms with Crippen molar-refractivity contribution in [1.82, 2.24) is 9.88 Å². The Bertz CT molecular complexity index is 1180. The number of nitrogens with zero attached hydrogens (tertiary/aromatic N) is 2. The third-order valence-electron chi connectivity index (χ3n) is 7.63. The molecule has 4 atom stereocenters. The van der Waals surface area contributed by atoms with Gasteiger partial charge in [-0.1, -0.05) is 36.8 Å². The molecule has 5 heteroatoms. The molecule has 3 aliphatic rings. The average Bonchev–Trinajstić information content (AvgIpc) is 3.49. The summed E-state index contributed by atoms with van der Waals surface area (Å²) in [6.45, 7) is 3.31. The van der Waals surface area contributed by atoms with Crippen molar-refractivity contribution in [3.63, 3.8) is 0 Å². The minimum atomic E-state index is -0.0595. The summed E-state index contributed by atoms with van der Waals surface area (Å²) in [4.78, 5) is 20.4. The van der Waals surface area contributed by atoms with E-state index in [9.17, 15) is 4.79 Å². The van der Waals surface area contributed by atoms with Crippen molar-refractivity contribution in [2.24, 2.45) is 5.92 Å². The van der Waals surface area contributed by atoms with E-state index in [2.05, 4.69) is 40.2 Å². The molecule has 0 bridgehead atoms. The van der Waals surface area contributed by atoms with Crippen molar-refractivity contribution >= 4 is 22.6 Å². The van der Waals surface area contributed by atoms with E-state index < -0.39 is 0 Å². The van der Waals surface area contributed by atoms with Gasteiger partial charge < -0.3 is 15.4 Å². The van der Waals surface area contributed by atoms with E-state index in [0.29, 0.717) is 30.3 Å². The molecule has 2 fully saturated rings. The Balaban J connectivity index is 1.37. The van der Waals surface area contributed by atoms with E-state index in [1.165, 1.54) is 18.4 Å². The number of ether oxygens (including phenoxy) is 1. The Hall–Kier alpha value is -2.92. The maximum atomic E-state index is 13.7. The summed E-state index contributed by atoms with van der Waals surface area (Å²) in [5, 5.41) is 0.987. The van der Waals surface area contributed by atoms with Crippen molar-refractivity contribution in [2.45, 2.75) is 50.9 Å². The Morgan fingerprint density at radius 2 is 2.00 bits per heavy atom. The zero-order valence-electron chi connectivity index (χ0n) is 17.8. The predicted octanol–water partition coefficient (Wildman–Crippen LogP) is 4.82. The molecule has 5 nitrogen and oxygen atoms in total. The van der Waals surface area contributed by atoms with Crippen LogP contribution >= 0.6 is 0 Å². The number of rotatable bonds is 2. The molecule has 2 aromatic carbocycles. The molecule has 2 aliphatic heterocycles. The maximum Gasteiger partial charge on any atom is 0.254 e. The zero-order valence-corrected chi connectivity index (χ0v) is 17.8. The Morgan fingerprint density at radius 3 is 2.84 bits per heavy atom. The summed E-state index contributed by atoms with van der Waals surface area (Å²) in [6, 6.07) is 16.9. The standard InChI is InChI=1S/C26H27N3O2/c1-15-24-21(14-31-15)19-12-17(10-11-22(19)28-25(24)27)26(30)29-13-20(16-6-3-2-4-7-16)18-8-5-9-23(18)29/h2-4,6-7,10-12,15,18,20,23H,5,8-9,13-14H2,1H3,(H2,27,28)/t15-,18?,20?,23?/m1/s1. The van der Waals surface area contributed by atoms with Crippen LogP contribution in [0.2, 0.25) is 0 Å². The molecular weight excluding hydrogens is 386 g/mol. The van der Waals surface area contributed by atoms with Gasteiger partial charge in [0.05, 0.1) is 18.2 Å². The van der Waals surface area contributed by atoms with Crippen LogP contribution in [0.15, 0.2) is 48.5 Å². The molecule has 3 heterocycles. The maximum absolute atomic E-state index is 13.7. The van der Waals surface area contributed by atoms with Crippen LogP contribution < -0.4 is 5.73 Å². The molecule has 3 unspecified atom stereocenters. The molecule has 1 aromatic heterocycles. The van der Waals surface area contributed by atoms with Gasteiger partial charge in [0.2, 0.25) is 0 Å². The van der Waals surface area contributed by atoms with E-state index >= 15 is 0 Å². The lowest BCUT2D eigenvalue weighted by Gasteiger charge is -2.24. The van der Waals surface area contributed by atoms with Gasteiger partial charge in [-0.2, -0.15) is 0 Å². The molecule has 1 aliphatic carbocycles. The lowest BCUT2D eigenvalue weighted by molar-refractivity contribution is 0.0728. The van der Waals surface area contributed by atoms with Crippen molar-refractivity contribution in [3.8, 4) is 0 Å². The third-order valence-corrected chi connectivity index (χ3v) is 7.63. The van der Waals surface area contributed by atoms with Crippen LogP contribution in [0.3, 0.4) is 0 Å². The quantitative estimate of drug-likeness (QED) is 0.654. The number of hydrogen-bond acceptors (Lipinski definition) is 4. The van der Waals surface area contributed by atoms with Gasteiger partial charge in [0.1, 0.15) is 5.82 Å².